The van der Waals surface area contributed by atoms with Crippen molar-refractivity contribution in [3.8, 4) is 11.5 Å². The minimum atomic E-state index is -0.289. The Kier molecular flexibility index (Phi) is 6.47. The lowest BCUT2D eigenvalue weighted by molar-refractivity contribution is -0.116. The van der Waals surface area contributed by atoms with E-state index < -0.39 is 0 Å². The second-order valence-corrected chi connectivity index (χ2v) is 5.48. The summed E-state index contributed by atoms with van der Waals surface area (Å²) >= 11 is 0. The van der Waals surface area contributed by atoms with E-state index in [4.69, 9.17) is 10.5 Å². The largest absolute Gasteiger partial charge is 0.457 e. The van der Waals surface area contributed by atoms with Crippen LogP contribution in [0.1, 0.15) is 28.9 Å². The second-order valence-electron chi connectivity index (χ2n) is 5.48. The van der Waals surface area contributed by atoms with Crippen molar-refractivity contribution in [2.75, 3.05) is 18.9 Å². The summed E-state index contributed by atoms with van der Waals surface area (Å²) in [6, 6.07) is 8.64. The number of carbonyl (C=O) groups is 2. The Morgan fingerprint density at radius 3 is 2.76 bits per heavy atom. The topological polar surface area (TPSA) is 106 Å². The van der Waals surface area contributed by atoms with Gasteiger partial charge in [0.05, 0.1) is 0 Å². The number of nitrogens with two attached hydrogens (primary N) is 1. The molecule has 0 radical (unpaired) electrons. The van der Waals surface area contributed by atoms with Crippen LogP contribution < -0.4 is 21.1 Å². The van der Waals surface area contributed by atoms with E-state index in [1.807, 2.05) is 19.1 Å². The molecule has 2 amide bonds. The van der Waals surface area contributed by atoms with Crippen LogP contribution in [-0.4, -0.2) is 30.4 Å². The SMILES string of the molecule is CNC(=O)c1cc(Oc2cc(NC(=O)CCCN)ccc2C)ccn1. The molecule has 4 N–H and O–H groups in total. The summed E-state index contributed by atoms with van der Waals surface area (Å²) in [6.07, 6.45) is 2.52. The third kappa shape index (κ3) is 5.29. The molecule has 1 aromatic heterocycles. The van der Waals surface area contributed by atoms with Gasteiger partial charge in [0.25, 0.3) is 5.91 Å². The zero-order valence-electron chi connectivity index (χ0n) is 14.3. The lowest BCUT2D eigenvalue weighted by Gasteiger charge is -2.12. The highest BCUT2D eigenvalue weighted by Crippen LogP contribution is 2.28. The van der Waals surface area contributed by atoms with Gasteiger partial charge in [-0.25, -0.2) is 0 Å². The molecule has 0 aliphatic carbocycles. The molecule has 7 nitrogen and oxygen atoms in total. The molecule has 0 unspecified atom stereocenters. The Balaban J connectivity index is 2.15. The lowest BCUT2D eigenvalue weighted by atomic mass is 10.2. The monoisotopic (exact) mass is 342 g/mol. The first-order valence-electron chi connectivity index (χ1n) is 8.00. The van der Waals surface area contributed by atoms with Crippen molar-refractivity contribution in [1.82, 2.24) is 10.3 Å². The maximum atomic E-state index is 11.8. The Morgan fingerprint density at radius 2 is 2.04 bits per heavy atom. The number of carbonyl (C=O) groups excluding carboxylic acids is 2. The number of ether oxygens (including phenoxy) is 1. The van der Waals surface area contributed by atoms with E-state index in [2.05, 4.69) is 15.6 Å². The normalized spacial score (nSPS) is 10.2. The van der Waals surface area contributed by atoms with Crippen molar-refractivity contribution in [2.45, 2.75) is 19.8 Å². The summed E-state index contributed by atoms with van der Waals surface area (Å²) in [7, 11) is 1.54. The van der Waals surface area contributed by atoms with Crippen LogP contribution in [0.3, 0.4) is 0 Å². The summed E-state index contributed by atoms with van der Waals surface area (Å²) < 4.78 is 5.86. The van der Waals surface area contributed by atoms with E-state index >= 15 is 0 Å². The maximum absolute atomic E-state index is 11.8. The molecule has 2 aromatic rings. The average molecular weight is 342 g/mol. The van der Waals surface area contributed by atoms with Crippen LogP contribution in [-0.2, 0) is 4.79 Å². The number of hydrogen-bond donors (Lipinski definition) is 3. The van der Waals surface area contributed by atoms with Gasteiger partial charge >= 0.3 is 0 Å². The minimum absolute atomic E-state index is 0.0916. The number of nitrogens with zero attached hydrogens (tertiary/aromatic N) is 1. The van der Waals surface area contributed by atoms with Gasteiger partial charge in [-0.3, -0.25) is 14.6 Å². The first-order chi connectivity index (χ1) is 12.0. The van der Waals surface area contributed by atoms with E-state index in [1.165, 1.54) is 6.20 Å². The molecular weight excluding hydrogens is 320 g/mol. The van der Waals surface area contributed by atoms with E-state index in [0.717, 1.165) is 5.56 Å². The molecule has 1 heterocycles. The van der Waals surface area contributed by atoms with Crippen LogP contribution in [0.25, 0.3) is 0 Å². The maximum Gasteiger partial charge on any atom is 0.269 e. The van der Waals surface area contributed by atoms with Gasteiger partial charge in [0.2, 0.25) is 5.91 Å². The number of aryl methyl sites for hydroxylation is 1. The molecule has 0 spiro atoms. The molecule has 0 atom stereocenters. The molecule has 7 heteroatoms. The smallest absolute Gasteiger partial charge is 0.269 e. The van der Waals surface area contributed by atoms with Gasteiger partial charge < -0.3 is 21.1 Å². The zero-order valence-corrected chi connectivity index (χ0v) is 14.3. The number of hydrogen-bond acceptors (Lipinski definition) is 5. The van der Waals surface area contributed by atoms with Crippen molar-refractivity contribution in [3.63, 3.8) is 0 Å². The highest BCUT2D eigenvalue weighted by molar-refractivity contribution is 5.92. The lowest BCUT2D eigenvalue weighted by Crippen LogP contribution is -2.18. The highest BCUT2D eigenvalue weighted by atomic mass is 16.5. The van der Waals surface area contributed by atoms with E-state index in [0.29, 0.717) is 36.6 Å². The van der Waals surface area contributed by atoms with Gasteiger partial charge in [-0.2, -0.15) is 0 Å². The van der Waals surface area contributed by atoms with E-state index in [-0.39, 0.29) is 17.5 Å². The number of anilines is 1. The Labute approximate surface area is 146 Å². The molecule has 132 valence electrons. The average Bonchev–Trinajstić information content (AvgIpc) is 2.62. The van der Waals surface area contributed by atoms with Crippen LogP contribution >= 0.6 is 0 Å². The molecular formula is C18H22N4O3. The standard InChI is InChI=1S/C18H22N4O3/c1-12-5-6-13(22-17(23)4-3-8-19)10-16(12)25-14-7-9-21-15(11-14)18(24)20-2/h5-7,9-11H,3-4,8,19H2,1-2H3,(H,20,24)(H,22,23). The Hall–Kier alpha value is -2.93. The van der Waals surface area contributed by atoms with Crippen molar-refractivity contribution >= 4 is 17.5 Å². The molecule has 0 aliphatic heterocycles. The van der Waals surface area contributed by atoms with Gasteiger partial charge in [-0.15, -0.1) is 0 Å². The minimum Gasteiger partial charge on any atom is -0.457 e. The third-order valence-electron chi connectivity index (χ3n) is 3.50. The quantitative estimate of drug-likeness (QED) is 0.715. The number of rotatable bonds is 7. The summed E-state index contributed by atoms with van der Waals surface area (Å²) in [6.45, 7) is 2.38. The molecule has 0 saturated carbocycles. The highest BCUT2D eigenvalue weighted by Gasteiger charge is 2.09. The van der Waals surface area contributed by atoms with Crippen molar-refractivity contribution < 1.29 is 14.3 Å². The Bertz CT molecular complexity index is 762. The molecule has 0 aliphatic rings. The predicted octanol–water partition coefficient (Wildman–Crippen LogP) is 2.22. The van der Waals surface area contributed by atoms with Crippen molar-refractivity contribution in [1.29, 1.82) is 0 Å². The molecule has 0 bridgehead atoms. The van der Waals surface area contributed by atoms with E-state index in [1.54, 1.807) is 25.2 Å². The summed E-state index contributed by atoms with van der Waals surface area (Å²) in [5.74, 6) is 0.697. The van der Waals surface area contributed by atoms with Crippen molar-refractivity contribution in [3.05, 3.63) is 47.8 Å². The molecule has 0 fully saturated rings. The van der Waals surface area contributed by atoms with Gasteiger partial charge in [0, 0.05) is 37.5 Å². The van der Waals surface area contributed by atoms with Crippen LogP contribution in [0.5, 0.6) is 11.5 Å². The number of pyridine rings is 1. The number of amides is 2. The third-order valence-corrected chi connectivity index (χ3v) is 3.50. The van der Waals surface area contributed by atoms with Gasteiger partial charge in [0.1, 0.15) is 17.2 Å². The molecule has 2 rings (SSSR count). The fourth-order valence-electron chi connectivity index (χ4n) is 2.13. The van der Waals surface area contributed by atoms with Crippen LogP contribution in [0.15, 0.2) is 36.5 Å². The molecule has 0 saturated heterocycles. The zero-order chi connectivity index (χ0) is 18.2. The summed E-state index contributed by atoms with van der Waals surface area (Å²) in [5.41, 5.74) is 7.22. The van der Waals surface area contributed by atoms with Crippen LogP contribution in [0, 0.1) is 6.92 Å². The predicted molar refractivity (Wildman–Crippen MR) is 95.8 cm³/mol. The first-order valence-corrected chi connectivity index (χ1v) is 8.00. The summed E-state index contributed by atoms with van der Waals surface area (Å²) in [5, 5.41) is 5.34. The Morgan fingerprint density at radius 1 is 1.24 bits per heavy atom. The number of nitrogens with one attached hydrogen (secondary N) is 2. The number of benzene rings is 1. The van der Waals surface area contributed by atoms with Gasteiger partial charge in [-0.05, 0) is 37.6 Å². The molecule has 25 heavy (non-hydrogen) atoms. The van der Waals surface area contributed by atoms with Crippen LogP contribution in [0.2, 0.25) is 0 Å². The van der Waals surface area contributed by atoms with Crippen molar-refractivity contribution in [2.24, 2.45) is 5.73 Å². The first kappa shape index (κ1) is 18.4. The van der Waals surface area contributed by atoms with Gasteiger partial charge in [0.15, 0.2) is 0 Å². The number of aromatic nitrogens is 1. The fourth-order valence-corrected chi connectivity index (χ4v) is 2.13. The summed E-state index contributed by atoms with van der Waals surface area (Å²) in [4.78, 5) is 27.5. The fraction of sp³-hybridized carbons (Fsp3) is 0.278. The second kappa shape index (κ2) is 8.79. The van der Waals surface area contributed by atoms with E-state index in [9.17, 15) is 9.59 Å². The van der Waals surface area contributed by atoms with Crippen LogP contribution in [0.4, 0.5) is 5.69 Å². The van der Waals surface area contributed by atoms with Gasteiger partial charge in [-0.1, -0.05) is 6.07 Å². The molecule has 1 aromatic carbocycles.